The Morgan fingerprint density at radius 1 is 1.35 bits per heavy atom. The van der Waals surface area contributed by atoms with Crippen LogP contribution in [0.4, 0.5) is 0 Å². The molecule has 4 heteroatoms. The first-order valence-corrected chi connectivity index (χ1v) is 10.1. The van der Waals surface area contributed by atoms with Crippen molar-refractivity contribution in [1.29, 1.82) is 0 Å². The maximum Gasteiger partial charge on any atom is 0.178 e. The standard InChI is InChI=1S/C22H35NO3/c1-5-15(14-26-4)18-12-17(24)7-9-20(18,2)16-6-10-21(3)19(25)8-11-22(21,23)13-16/h7,9,12,15-16,19,25H,5-6,8,10-11,13-14,23H2,1-4H3/t15-,16+,19?,20-,21-,22-/m1/s1. The zero-order valence-corrected chi connectivity index (χ0v) is 16.8. The molecule has 1 unspecified atom stereocenters. The maximum atomic E-state index is 12.1. The summed E-state index contributed by atoms with van der Waals surface area (Å²) in [5, 5.41) is 10.5. The van der Waals surface area contributed by atoms with Gasteiger partial charge in [-0.05, 0) is 56.6 Å². The van der Waals surface area contributed by atoms with Gasteiger partial charge in [-0.1, -0.05) is 32.4 Å². The highest BCUT2D eigenvalue weighted by molar-refractivity contribution is 6.01. The van der Waals surface area contributed by atoms with Gasteiger partial charge in [0.05, 0.1) is 12.7 Å². The first-order chi connectivity index (χ1) is 12.2. The van der Waals surface area contributed by atoms with Crippen molar-refractivity contribution < 1.29 is 14.6 Å². The monoisotopic (exact) mass is 361 g/mol. The average molecular weight is 362 g/mol. The van der Waals surface area contributed by atoms with E-state index in [0.29, 0.717) is 12.5 Å². The van der Waals surface area contributed by atoms with E-state index in [1.165, 1.54) is 5.57 Å². The van der Waals surface area contributed by atoms with Gasteiger partial charge in [0.25, 0.3) is 0 Å². The zero-order chi connectivity index (χ0) is 19.2. The van der Waals surface area contributed by atoms with Crippen LogP contribution in [0.1, 0.15) is 59.3 Å². The van der Waals surface area contributed by atoms with Gasteiger partial charge >= 0.3 is 0 Å². The second-order valence-corrected chi connectivity index (χ2v) is 9.25. The number of hydrogen-bond donors (Lipinski definition) is 2. The minimum Gasteiger partial charge on any atom is -0.392 e. The summed E-state index contributed by atoms with van der Waals surface area (Å²) in [5.41, 5.74) is 7.41. The minimum atomic E-state index is -0.318. The number of fused-ring (bicyclic) bond motifs is 1. The topological polar surface area (TPSA) is 72.5 Å². The number of nitrogens with two attached hydrogens (primary N) is 1. The lowest BCUT2D eigenvalue weighted by atomic mass is 9.53. The molecular weight excluding hydrogens is 326 g/mol. The van der Waals surface area contributed by atoms with E-state index in [1.807, 2.05) is 6.08 Å². The third-order valence-corrected chi connectivity index (χ3v) is 8.02. The van der Waals surface area contributed by atoms with E-state index in [-0.39, 0.29) is 34.2 Å². The average Bonchev–Trinajstić information content (AvgIpc) is 2.85. The number of aliphatic hydroxyl groups excluding tert-OH is 1. The molecule has 3 aliphatic carbocycles. The van der Waals surface area contributed by atoms with Gasteiger partial charge in [0.15, 0.2) is 5.78 Å². The molecule has 3 rings (SSSR count). The van der Waals surface area contributed by atoms with Crippen LogP contribution in [0.5, 0.6) is 0 Å². The largest absolute Gasteiger partial charge is 0.392 e. The van der Waals surface area contributed by atoms with E-state index in [2.05, 4.69) is 26.8 Å². The first-order valence-electron chi connectivity index (χ1n) is 10.1. The van der Waals surface area contributed by atoms with Crippen molar-refractivity contribution in [2.45, 2.75) is 70.9 Å². The molecule has 0 radical (unpaired) electrons. The second-order valence-electron chi connectivity index (χ2n) is 9.25. The van der Waals surface area contributed by atoms with Crippen LogP contribution in [0.15, 0.2) is 23.8 Å². The molecule has 0 aromatic rings. The van der Waals surface area contributed by atoms with Crippen molar-refractivity contribution in [2.75, 3.05) is 13.7 Å². The number of allylic oxidation sites excluding steroid dienone is 3. The number of ketones is 1. The highest BCUT2D eigenvalue weighted by Crippen LogP contribution is 2.59. The quantitative estimate of drug-likeness (QED) is 0.787. The summed E-state index contributed by atoms with van der Waals surface area (Å²) in [4.78, 5) is 12.1. The molecule has 2 fully saturated rings. The number of aliphatic hydroxyl groups is 1. The van der Waals surface area contributed by atoms with Gasteiger partial charge in [0, 0.05) is 29.4 Å². The first kappa shape index (κ1) is 19.8. The van der Waals surface area contributed by atoms with Gasteiger partial charge in [-0.25, -0.2) is 0 Å². The molecule has 2 saturated carbocycles. The lowest BCUT2D eigenvalue weighted by Crippen LogP contribution is -2.59. The van der Waals surface area contributed by atoms with E-state index in [9.17, 15) is 9.90 Å². The molecule has 0 amide bonds. The molecule has 0 heterocycles. The lowest BCUT2D eigenvalue weighted by molar-refractivity contribution is -0.110. The van der Waals surface area contributed by atoms with Gasteiger partial charge < -0.3 is 15.6 Å². The molecule has 146 valence electrons. The molecule has 0 aromatic heterocycles. The number of carbonyl (C=O) groups excluding carboxylic acids is 1. The van der Waals surface area contributed by atoms with Crippen LogP contribution in [0, 0.1) is 22.7 Å². The number of carbonyl (C=O) groups is 1. The summed E-state index contributed by atoms with van der Waals surface area (Å²) in [6.07, 6.45) is 10.9. The fraction of sp³-hybridized carbons (Fsp3) is 0.773. The van der Waals surface area contributed by atoms with E-state index in [4.69, 9.17) is 10.5 Å². The zero-order valence-electron chi connectivity index (χ0n) is 16.8. The molecule has 0 saturated heterocycles. The van der Waals surface area contributed by atoms with E-state index in [0.717, 1.165) is 38.5 Å². The van der Waals surface area contributed by atoms with Crippen molar-refractivity contribution in [1.82, 2.24) is 0 Å². The van der Waals surface area contributed by atoms with Gasteiger partial charge in [0.1, 0.15) is 0 Å². The summed E-state index contributed by atoms with van der Waals surface area (Å²) < 4.78 is 5.45. The molecule has 3 N–H and O–H groups in total. The number of methoxy groups -OCH3 is 1. The van der Waals surface area contributed by atoms with Crippen LogP contribution in [0.2, 0.25) is 0 Å². The molecule has 4 nitrogen and oxygen atoms in total. The van der Waals surface area contributed by atoms with Crippen LogP contribution in [-0.2, 0) is 9.53 Å². The van der Waals surface area contributed by atoms with E-state index < -0.39 is 0 Å². The number of rotatable bonds is 5. The van der Waals surface area contributed by atoms with Gasteiger partial charge in [-0.15, -0.1) is 0 Å². The number of ether oxygens (including phenoxy) is 1. The Morgan fingerprint density at radius 2 is 2.08 bits per heavy atom. The molecule has 0 aliphatic heterocycles. The SMILES string of the molecule is CC[C@H](COC)C1=CC(=O)C=C[C@]1(C)[C@H]1CC[C@]2(C)C(O)CC[C@@]2(N)C1. The molecule has 26 heavy (non-hydrogen) atoms. The fourth-order valence-electron chi connectivity index (χ4n) is 5.88. The highest BCUT2D eigenvalue weighted by atomic mass is 16.5. The van der Waals surface area contributed by atoms with E-state index in [1.54, 1.807) is 13.2 Å². The van der Waals surface area contributed by atoms with Crippen molar-refractivity contribution in [3.8, 4) is 0 Å². The normalized spacial score (nSPS) is 43.9. The summed E-state index contributed by atoms with van der Waals surface area (Å²) >= 11 is 0. The Balaban J connectivity index is 1.92. The van der Waals surface area contributed by atoms with Crippen molar-refractivity contribution in [3.63, 3.8) is 0 Å². The van der Waals surface area contributed by atoms with Gasteiger partial charge in [0.2, 0.25) is 0 Å². The second kappa shape index (κ2) is 6.88. The van der Waals surface area contributed by atoms with Crippen LogP contribution in [0.3, 0.4) is 0 Å². The Labute approximate surface area is 157 Å². The molecule has 3 aliphatic rings. The number of hydrogen-bond acceptors (Lipinski definition) is 4. The van der Waals surface area contributed by atoms with Crippen LogP contribution >= 0.6 is 0 Å². The van der Waals surface area contributed by atoms with Crippen molar-refractivity contribution in [2.24, 2.45) is 28.4 Å². The Morgan fingerprint density at radius 3 is 2.73 bits per heavy atom. The Kier molecular flexibility index (Phi) is 5.24. The van der Waals surface area contributed by atoms with Crippen LogP contribution < -0.4 is 5.73 Å². The maximum absolute atomic E-state index is 12.1. The molecular formula is C22H35NO3. The smallest absolute Gasteiger partial charge is 0.178 e. The van der Waals surface area contributed by atoms with Crippen molar-refractivity contribution >= 4 is 5.78 Å². The molecule has 0 spiro atoms. The predicted octanol–water partition coefficient (Wildman–Crippen LogP) is 3.39. The molecule has 6 atom stereocenters. The van der Waals surface area contributed by atoms with E-state index >= 15 is 0 Å². The third kappa shape index (κ3) is 2.90. The summed E-state index contributed by atoms with van der Waals surface area (Å²) in [6, 6.07) is 0. The molecule has 0 bridgehead atoms. The van der Waals surface area contributed by atoms with Crippen LogP contribution in [0.25, 0.3) is 0 Å². The van der Waals surface area contributed by atoms with Crippen molar-refractivity contribution in [3.05, 3.63) is 23.8 Å². The summed E-state index contributed by atoms with van der Waals surface area (Å²) in [6.45, 7) is 7.22. The summed E-state index contributed by atoms with van der Waals surface area (Å²) in [7, 11) is 1.72. The Hall–Kier alpha value is -0.970. The summed E-state index contributed by atoms with van der Waals surface area (Å²) in [5.74, 6) is 0.703. The molecule has 0 aromatic carbocycles. The fourth-order valence-corrected chi connectivity index (χ4v) is 5.88. The highest BCUT2D eigenvalue weighted by Gasteiger charge is 2.59. The van der Waals surface area contributed by atoms with Crippen LogP contribution in [-0.4, -0.2) is 36.2 Å². The predicted molar refractivity (Wildman–Crippen MR) is 104 cm³/mol. The van der Waals surface area contributed by atoms with Gasteiger partial charge in [-0.2, -0.15) is 0 Å². The third-order valence-electron chi connectivity index (χ3n) is 8.02. The Bertz CT molecular complexity index is 627. The lowest BCUT2D eigenvalue weighted by Gasteiger charge is -2.54. The van der Waals surface area contributed by atoms with Gasteiger partial charge in [-0.3, -0.25) is 4.79 Å². The minimum absolute atomic E-state index is 0.0754.